The predicted molar refractivity (Wildman–Crippen MR) is 276 cm³/mol. The minimum Gasteiger partial charge on any atom is -0.463 e. The highest BCUT2D eigenvalue weighted by Gasteiger charge is 2.90. The van der Waals surface area contributed by atoms with E-state index in [1.54, 1.807) is 6.92 Å². The molecule has 21 heteroatoms. The van der Waals surface area contributed by atoms with Crippen LogP contribution in [0.25, 0.3) is 0 Å². The Morgan fingerprint density at radius 3 is 0.902 bits per heavy atom. The van der Waals surface area contributed by atoms with Crippen LogP contribution < -0.4 is 0 Å². The van der Waals surface area contributed by atoms with Crippen LogP contribution in [0.15, 0.2) is 12.2 Å². The summed E-state index contributed by atoms with van der Waals surface area (Å²) in [6.45, 7) is 46.8. The lowest BCUT2D eigenvalue weighted by molar-refractivity contribution is -0.141. The smallest absolute Gasteiger partial charge is 0.333 e. The van der Waals surface area contributed by atoms with Gasteiger partial charge in [-0.3, -0.25) is 0 Å². The molecular weight excluding hydrogens is 937 g/mol. The van der Waals surface area contributed by atoms with Gasteiger partial charge in [0.05, 0.1) is 5.73 Å². The van der Waals surface area contributed by atoms with E-state index in [9.17, 15) is 4.79 Å². The first kappa shape index (κ1) is 56.3. The van der Waals surface area contributed by atoms with Gasteiger partial charge in [0.1, 0.15) is 17.7 Å². The van der Waals surface area contributed by atoms with Crippen molar-refractivity contribution in [1.82, 2.24) is 0 Å². The fraction of sp³-hybridized carbons (Fsp3) is 0.925. The Balaban J connectivity index is 3.01. The Kier molecular flexibility index (Phi) is 19.5. The van der Waals surface area contributed by atoms with Crippen LogP contribution in [-0.2, 0) is 49.4 Å². The van der Waals surface area contributed by atoms with Gasteiger partial charge < -0.3 is 44.6 Å². The van der Waals surface area contributed by atoms with Gasteiger partial charge in [-0.15, -0.1) is 0 Å². The summed E-state index contributed by atoms with van der Waals surface area (Å²) in [7, 11) is -25.3. The zero-order valence-corrected chi connectivity index (χ0v) is 52.7. The second-order valence-corrected chi connectivity index (χ2v) is 81.2. The molecule has 4 atom stereocenters. The van der Waals surface area contributed by atoms with Crippen LogP contribution >= 0.6 is 0 Å². The summed E-state index contributed by atoms with van der Waals surface area (Å²) in [6.07, 6.45) is 6.18. The number of carbonyl (C=O) groups excluding carboxylic acids is 1. The van der Waals surface area contributed by atoms with Crippen molar-refractivity contribution in [1.29, 1.82) is 0 Å². The molecule has 358 valence electrons. The maximum atomic E-state index is 14.7. The molecule has 3 aliphatic rings. The van der Waals surface area contributed by atoms with Crippen molar-refractivity contribution < 1.29 is 49.4 Å². The third-order valence-corrected chi connectivity index (χ3v) is 75.6. The predicted octanol–water partition coefficient (Wildman–Crippen LogP) is 11.1. The normalized spacial score (nSPS) is 27.0. The lowest BCUT2D eigenvalue weighted by atomic mass is 10.4. The van der Waals surface area contributed by atoms with Crippen LogP contribution in [0.1, 0.15) is 58.8 Å². The van der Waals surface area contributed by atoms with Crippen molar-refractivity contribution in [2.45, 2.75) is 218 Å². The quantitative estimate of drug-likeness (QED) is 0.0447. The fourth-order valence-corrected chi connectivity index (χ4v) is 103. The van der Waals surface area contributed by atoms with Gasteiger partial charge in [0.15, 0.2) is 56.5 Å². The lowest BCUT2D eigenvalue weighted by Crippen LogP contribution is -3.02. The van der Waals surface area contributed by atoms with Gasteiger partial charge in [0, 0.05) is 25.4 Å². The molecular formula is C40H92O11Si10. The summed E-state index contributed by atoms with van der Waals surface area (Å²) < 4.78 is 77.9. The van der Waals surface area contributed by atoms with Crippen LogP contribution in [0, 0.1) is 0 Å². The molecule has 0 aromatic rings. The van der Waals surface area contributed by atoms with E-state index in [4.69, 9.17) is 44.6 Å². The van der Waals surface area contributed by atoms with Gasteiger partial charge >= 0.3 is 5.97 Å². The van der Waals surface area contributed by atoms with Gasteiger partial charge in [-0.2, -0.15) is 0 Å². The number of esters is 1. The molecule has 61 heavy (non-hydrogen) atoms. The highest BCUT2D eigenvalue weighted by atomic mass is 29.9. The first-order chi connectivity index (χ1) is 27.6. The third kappa shape index (κ3) is 14.3. The van der Waals surface area contributed by atoms with Crippen molar-refractivity contribution in [2.24, 2.45) is 0 Å². The van der Waals surface area contributed by atoms with Crippen molar-refractivity contribution in [3.8, 4) is 0 Å². The highest BCUT2D eigenvalue weighted by molar-refractivity contribution is 7.89. The van der Waals surface area contributed by atoms with Crippen molar-refractivity contribution >= 4 is 86.0 Å². The molecule has 0 bridgehead atoms. The van der Waals surface area contributed by atoms with Gasteiger partial charge in [-0.25, -0.2) is 4.79 Å². The number of hydrogen-bond donors (Lipinski definition) is 0. The summed E-state index contributed by atoms with van der Waals surface area (Å²) in [5, 5.41) is 0. The SMILES string of the molecule is C=C(C)C(=O)OC(CC)[Si]([Si]1(C(O[Si](C)(C)C)O[Si](C)(C)C)CCCCO1)([Si]1(C(O[Si](C)(C)C)O[Si](C)(C)C)CCCCO1)[Si]1(C(O[Si](C)(C)C)O[Si](C)(C)C)CCCCO1. The first-order valence-corrected chi connectivity index (χ1v) is 55.6. The third-order valence-electron chi connectivity index (χ3n) is 11.3. The summed E-state index contributed by atoms with van der Waals surface area (Å²) in [5.41, 5.74) is -0.234. The standard InChI is InChI=1S/C40H92O11Si10/c1-22-36(45-37(41)35(2)3)61(58(32-26-23-29-42-58)38(46-52(4,5)6)47-53(7,8)9,59(33-27-24-30-43-59)39(48-54(10,11)12)49-55(13,14)15)60(34-28-25-31-44-60)40(50-56(16,17)18)51-57(19,20)21/h36,38-40H,2,22-34H2,1,3-21H3. The van der Waals surface area contributed by atoms with Gasteiger partial charge in [-0.1, -0.05) is 32.8 Å². The monoisotopic (exact) mass is 1030 g/mol. The maximum Gasteiger partial charge on any atom is 0.333 e. The lowest BCUT2D eigenvalue weighted by Gasteiger charge is -2.69. The second kappa shape index (κ2) is 21.1. The molecule has 3 rings (SSSR count). The molecule has 0 saturated carbocycles. The molecule has 3 saturated heterocycles. The van der Waals surface area contributed by atoms with Gasteiger partial charge in [0.2, 0.25) is 23.5 Å². The summed E-state index contributed by atoms with van der Waals surface area (Å²) in [5.74, 6) is -2.31. The van der Waals surface area contributed by atoms with Crippen LogP contribution in [-0.4, -0.2) is 129 Å². The summed E-state index contributed by atoms with van der Waals surface area (Å²) in [6, 6.07) is 2.36. The molecule has 0 radical (unpaired) electrons. The number of carbonyl (C=O) groups is 1. The minimum absolute atomic E-state index is 0.372. The van der Waals surface area contributed by atoms with E-state index in [0.717, 1.165) is 56.7 Å². The number of rotatable bonds is 22. The first-order valence-electron chi connectivity index (χ1n) is 23.4. The zero-order chi connectivity index (χ0) is 46.7. The van der Waals surface area contributed by atoms with Crippen LogP contribution in [0.5, 0.6) is 0 Å². The van der Waals surface area contributed by atoms with E-state index in [-0.39, 0.29) is 5.97 Å². The zero-order valence-electron chi connectivity index (χ0n) is 42.7. The largest absolute Gasteiger partial charge is 0.463 e. The van der Waals surface area contributed by atoms with E-state index < -0.39 is 104 Å². The molecule has 3 heterocycles. The highest BCUT2D eigenvalue weighted by Crippen LogP contribution is 2.57. The van der Waals surface area contributed by atoms with Gasteiger partial charge in [-0.05, 0) is 169 Å². The fourth-order valence-electron chi connectivity index (χ4n) is 9.67. The summed E-state index contributed by atoms with van der Waals surface area (Å²) >= 11 is 0. The Morgan fingerprint density at radius 1 is 0.492 bits per heavy atom. The molecule has 0 spiro atoms. The number of ether oxygens (including phenoxy) is 1. The second-order valence-electron chi connectivity index (χ2n) is 23.9. The summed E-state index contributed by atoms with van der Waals surface area (Å²) in [4.78, 5) is 14.7. The van der Waals surface area contributed by atoms with Crippen LogP contribution in [0.3, 0.4) is 0 Å². The molecule has 3 aliphatic heterocycles. The number of hydrogen-bond acceptors (Lipinski definition) is 11. The Morgan fingerprint density at radius 2 is 0.738 bits per heavy atom. The van der Waals surface area contributed by atoms with E-state index in [0.29, 0.717) is 31.8 Å². The molecule has 11 nitrogen and oxygen atoms in total. The molecule has 0 amide bonds. The van der Waals surface area contributed by atoms with E-state index in [1.807, 2.05) is 0 Å². The Labute approximate surface area is 383 Å². The van der Waals surface area contributed by atoms with Crippen molar-refractivity contribution in [2.75, 3.05) is 19.8 Å². The minimum atomic E-state index is -3.92. The topological polar surface area (TPSA) is 109 Å². The molecule has 3 fully saturated rings. The Bertz CT molecular complexity index is 1240. The average molecular weight is 1030 g/mol. The van der Waals surface area contributed by atoms with E-state index >= 15 is 0 Å². The maximum absolute atomic E-state index is 14.7. The molecule has 0 aliphatic carbocycles. The molecule has 0 N–H and O–H groups in total. The molecule has 0 aromatic heterocycles. The average Bonchev–Trinajstić information content (AvgIpc) is 3.08. The van der Waals surface area contributed by atoms with Gasteiger partial charge in [0.25, 0.3) is 0 Å². The Hall–Kier alpha value is 1.02. The van der Waals surface area contributed by atoms with Crippen molar-refractivity contribution in [3.05, 3.63) is 12.2 Å². The molecule has 4 unspecified atom stereocenters. The van der Waals surface area contributed by atoms with Crippen LogP contribution in [0.4, 0.5) is 0 Å². The van der Waals surface area contributed by atoms with E-state index in [2.05, 4.69) is 131 Å². The van der Waals surface area contributed by atoms with Crippen molar-refractivity contribution in [3.63, 3.8) is 0 Å². The van der Waals surface area contributed by atoms with Crippen LogP contribution in [0.2, 0.25) is 136 Å². The molecule has 0 aromatic carbocycles. The van der Waals surface area contributed by atoms with E-state index in [1.165, 1.54) is 0 Å².